The lowest BCUT2D eigenvalue weighted by atomic mass is 10.1. The van der Waals surface area contributed by atoms with Gasteiger partial charge in [-0.3, -0.25) is 4.79 Å². The predicted molar refractivity (Wildman–Crippen MR) is 84.5 cm³/mol. The van der Waals surface area contributed by atoms with E-state index in [1.807, 2.05) is 36.4 Å². The zero-order valence-corrected chi connectivity index (χ0v) is 12.9. The molecule has 0 unspecified atom stereocenters. The molecule has 2 N–H and O–H groups in total. The fourth-order valence-electron chi connectivity index (χ4n) is 1.92. The molecule has 0 aliphatic rings. The minimum absolute atomic E-state index is 0.0568. The van der Waals surface area contributed by atoms with Gasteiger partial charge in [0, 0.05) is 30.2 Å². The number of rotatable bonds is 5. The van der Waals surface area contributed by atoms with Crippen molar-refractivity contribution < 1.29 is 4.79 Å². The maximum absolute atomic E-state index is 11.4. The molecule has 0 fully saturated rings. The summed E-state index contributed by atoms with van der Waals surface area (Å²) in [6.07, 6.45) is 0. The van der Waals surface area contributed by atoms with Gasteiger partial charge in [-0.05, 0) is 35.4 Å². The van der Waals surface area contributed by atoms with Crippen LogP contribution in [0.4, 0.5) is 0 Å². The first-order chi connectivity index (χ1) is 9.69. The number of benzene rings is 2. The third kappa shape index (κ3) is 4.18. The van der Waals surface area contributed by atoms with E-state index in [1.54, 1.807) is 7.05 Å². The Kier molecular flexibility index (Phi) is 5.32. The van der Waals surface area contributed by atoms with Gasteiger partial charge in [0.2, 0.25) is 0 Å². The van der Waals surface area contributed by atoms with Crippen LogP contribution in [0.3, 0.4) is 0 Å². The summed E-state index contributed by atoms with van der Waals surface area (Å²) in [5, 5.41) is 6.00. The smallest absolute Gasteiger partial charge is 0.251 e. The molecule has 2 rings (SSSR count). The van der Waals surface area contributed by atoms with Gasteiger partial charge < -0.3 is 10.6 Å². The van der Waals surface area contributed by atoms with Gasteiger partial charge >= 0.3 is 0 Å². The molecule has 0 aromatic heterocycles. The maximum atomic E-state index is 11.4. The van der Waals surface area contributed by atoms with Crippen LogP contribution in [0.25, 0.3) is 0 Å². The molecule has 2 aromatic carbocycles. The Hall–Kier alpha value is -1.65. The average molecular weight is 333 g/mol. The van der Waals surface area contributed by atoms with Crippen LogP contribution in [0.15, 0.2) is 53.0 Å². The molecule has 2 aromatic rings. The molecule has 3 nitrogen and oxygen atoms in total. The SMILES string of the molecule is CNC(=O)c1ccc(CNCc2cccc(Br)c2)cc1. The largest absolute Gasteiger partial charge is 0.355 e. The molecule has 0 atom stereocenters. The topological polar surface area (TPSA) is 41.1 Å². The molecule has 0 aliphatic heterocycles. The van der Waals surface area contributed by atoms with E-state index in [1.165, 1.54) is 5.56 Å². The van der Waals surface area contributed by atoms with E-state index in [4.69, 9.17) is 0 Å². The maximum Gasteiger partial charge on any atom is 0.251 e. The summed E-state index contributed by atoms with van der Waals surface area (Å²) in [6, 6.07) is 15.9. The summed E-state index contributed by atoms with van der Waals surface area (Å²) in [5.41, 5.74) is 3.08. The Bertz CT molecular complexity index is 581. The van der Waals surface area contributed by atoms with E-state index >= 15 is 0 Å². The number of amides is 1. The predicted octanol–water partition coefficient (Wildman–Crippen LogP) is 3.10. The van der Waals surface area contributed by atoms with Gasteiger partial charge in [-0.2, -0.15) is 0 Å². The van der Waals surface area contributed by atoms with E-state index in [2.05, 4.69) is 38.7 Å². The van der Waals surface area contributed by atoms with Crippen molar-refractivity contribution in [2.24, 2.45) is 0 Å². The van der Waals surface area contributed by atoms with E-state index in [-0.39, 0.29) is 5.91 Å². The number of carbonyl (C=O) groups excluding carboxylic acids is 1. The van der Waals surface area contributed by atoms with Crippen LogP contribution in [0.2, 0.25) is 0 Å². The van der Waals surface area contributed by atoms with Crippen LogP contribution in [-0.2, 0) is 13.1 Å². The van der Waals surface area contributed by atoms with Crippen LogP contribution in [-0.4, -0.2) is 13.0 Å². The fraction of sp³-hybridized carbons (Fsp3) is 0.188. The Morgan fingerprint density at radius 3 is 2.40 bits per heavy atom. The number of nitrogens with one attached hydrogen (secondary N) is 2. The molecule has 0 saturated heterocycles. The van der Waals surface area contributed by atoms with Crippen molar-refractivity contribution in [2.45, 2.75) is 13.1 Å². The molecule has 0 bridgehead atoms. The Labute approximate surface area is 127 Å². The highest BCUT2D eigenvalue weighted by Crippen LogP contribution is 2.11. The zero-order chi connectivity index (χ0) is 14.4. The van der Waals surface area contributed by atoms with Crippen molar-refractivity contribution in [3.8, 4) is 0 Å². The Morgan fingerprint density at radius 1 is 1.05 bits per heavy atom. The van der Waals surface area contributed by atoms with Crippen molar-refractivity contribution in [2.75, 3.05) is 7.05 Å². The molecular weight excluding hydrogens is 316 g/mol. The standard InChI is InChI=1S/C16H17BrN2O/c1-18-16(20)14-7-5-12(6-8-14)10-19-11-13-3-2-4-15(17)9-13/h2-9,19H,10-11H2,1H3,(H,18,20). The highest BCUT2D eigenvalue weighted by molar-refractivity contribution is 9.10. The zero-order valence-electron chi connectivity index (χ0n) is 11.3. The summed E-state index contributed by atoms with van der Waals surface area (Å²) >= 11 is 3.46. The van der Waals surface area contributed by atoms with Crippen LogP contribution in [0.1, 0.15) is 21.5 Å². The molecule has 1 amide bonds. The van der Waals surface area contributed by atoms with Crippen molar-refractivity contribution in [3.63, 3.8) is 0 Å². The summed E-state index contributed by atoms with van der Waals surface area (Å²) in [5.74, 6) is -0.0568. The number of halogens is 1. The second-order valence-corrected chi connectivity index (χ2v) is 5.43. The molecule has 0 aliphatic carbocycles. The van der Waals surface area contributed by atoms with Crippen LogP contribution >= 0.6 is 15.9 Å². The molecule has 0 spiro atoms. The minimum atomic E-state index is -0.0568. The molecule has 104 valence electrons. The fourth-order valence-corrected chi connectivity index (χ4v) is 2.36. The third-order valence-electron chi connectivity index (χ3n) is 2.99. The van der Waals surface area contributed by atoms with Crippen molar-refractivity contribution in [1.82, 2.24) is 10.6 Å². The molecule has 4 heteroatoms. The van der Waals surface area contributed by atoms with Gasteiger partial charge in [0.05, 0.1) is 0 Å². The third-order valence-corrected chi connectivity index (χ3v) is 3.48. The first-order valence-electron chi connectivity index (χ1n) is 6.45. The van der Waals surface area contributed by atoms with Crippen LogP contribution in [0.5, 0.6) is 0 Å². The molecule has 0 saturated carbocycles. The summed E-state index contributed by atoms with van der Waals surface area (Å²) < 4.78 is 1.09. The quantitative estimate of drug-likeness (QED) is 0.883. The van der Waals surface area contributed by atoms with Gasteiger partial charge in [0.15, 0.2) is 0 Å². The first kappa shape index (κ1) is 14.8. The van der Waals surface area contributed by atoms with Gasteiger partial charge in [-0.15, -0.1) is 0 Å². The van der Waals surface area contributed by atoms with Gasteiger partial charge in [0.25, 0.3) is 5.91 Å². The molecule has 0 radical (unpaired) electrons. The van der Waals surface area contributed by atoms with E-state index in [0.29, 0.717) is 5.56 Å². The van der Waals surface area contributed by atoms with Gasteiger partial charge in [0.1, 0.15) is 0 Å². The Morgan fingerprint density at radius 2 is 1.75 bits per heavy atom. The first-order valence-corrected chi connectivity index (χ1v) is 7.24. The summed E-state index contributed by atoms with van der Waals surface area (Å²) in [6.45, 7) is 1.59. The van der Waals surface area contributed by atoms with Crippen LogP contribution < -0.4 is 10.6 Å². The van der Waals surface area contributed by atoms with Gasteiger partial charge in [-0.1, -0.05) is 40.2 Å². The number of hydrogen-bond acceptors (Lipinski definition) is 2. The molecule has 0 heterocycles. The highest BCUT2D eigenvalue weighted by atomic mass is 79.9. The monoisotopic (exact) mass is 332 g/mol. The molecular formula is C16H17BrN2O. The summed E-state index contributed by atoms with van der Waals surface area (Å²) in [7, 11) is 1.63. The lowest BCUT2D eigenvalue weighted by Crippen LogP contribution is -2.18. The lowest BCUT2D eigenvalue weighted by molar-refractivity contribution is 0.0963. The number of hydrogen-bond donors (Lipinski definition) is 2. The summed E-state index contributed by atoms with van der Waals surface area (Å²) in [4.78, 5) is 11.4. The second-order valence-electron chi connectivity index (χ2n) is 4.51. The van der Waals surface area contributed by atoms with Crippen molar-refractivity contribution in [1.29, 1.82) is 0 Å². The van der Waals surface area contributed by atoms with E-state index < -0.39 is 0 Å². The van der Waals surface area contributed by atoms with Crippen LogP contribution in [0, 0.1) is 0 Å². The van der Waals surface area contributed by atoms with E-state index in [9.17, 15) is 4.79 Å². The highest BCUT2D eigenvalue weighted by Gasteiger charge is 2.02. The van der Waals surface area contributed by atoms with Crippen molar-refractivity contribution >= 4 is 21.8 Å². The van der Waals surface area contributed by atoms with Gasteiger partial charge in [-0.25, -0.2) is 0 Å². The number of carbonyl (C=O) groups is 1. The van der Waals surface area contributed by atoms with Crippen molar-refractivity contribution in [3.05, 3.63) is 69.7 Å². The Balaban J connectivity index is 1.86. The second kappa shape index (κ2) is 7.22. The lowest BCUT2D eigenvalue weighted by Gasteiger charge is -2.06. The average Bonchev–Trinajstić information content (AvgIpc) is 2.47. The minimum Gasteiger partial charge on any atom is -0.355 e. The van der Waals surface area contributed by atoms with E-state index in [0.717, 1.165) is 23.1 Å². The molecule has 20 heavy (non-hydrogen) atoms. The normalized spacial score (nSPS) is 10.3.